The highest BCUT2D eigenvalue weighted by Gasteiger charge is 1.99. The normalized spacial score (nSPS) is 9.00. The second kappa shape index (κ2) is 3.40. The second-order valence-corrected chi connectivity index (χ2v) is 2.03. The summed E-state index contributed by atoms with van der Waals surface area (Å²) in [4.78, 5) is 9.96. The van der Waals surface area contributed by atoms with Gasteiger partial charge in [0.2, 0.25) is 5.95 Å². The van der Waals surface area contributed by atoms with Crippen LogP contribution in [0, 0.1) is 0 Å². The molecule has 0 fully saturated rings. The number of azide groups is 1. The molecule has 0 atom stereocenters. The Morgan fingerprint density at radius 3 is 2.92 bits per heavy atom. The highest BCUT2D eigenvalue weighted by atomic mass is 15.1. The van der Waals surface area contributed by atoms with E-state index in [1.165, 1.54) is 6.20 Å². The van der Waals surface area contributed by atoms with Crippen molar-refractivity contribution in [3.8, 4) is 0 Å². The Morgan fingerprint density at radius 1 is 1.58 bits per heavy atom. The van der Waals surface area contributed by atoms with Crippen molar-refractivity contribution in [3.63, 3.8) is 0 Å². The van der Waals surface area contributed by atoms with Crippen molar-refractivity contribution in [1.29, 1.82) is 0 Å². The summed E-state index contributed by atoms with van der Waals surface area (Å²) >= 11 is 0. The Hall–Kier alpha value is -2.01. The number of nitrogens with zero attached hydrogens (tertiary/aromatic N) is 5. The fourth-order valence-electron chi connectivity index (χ4n) is 0.664. The monoisotopic (exact) mass is 165 g/mol. The molecule has 1 heterocycles. The highest BCUT2D eigenvalue weighted by molar-refractivity contribution is 5.41. The van der Waals surface area contributed by atoms with Crippen LogP contribution in [0.15, 0.2) is 11.3 Å². The molecule has 1 rings (SSSR count). The fraction of sp³-hybridized carbons (Fsp3) is 0.200. The third kappa shape index (κ3) is 1.74. The maximum Gasteiger partial charge on any atom is 0.221 e. The number of anilines is 2. The van der Waals surface area contributed by atoms with Gasteiger partial charge in [-0.25, -0.2) is 4.98 Å². The number of hydrogen-bond donors (Lipinski definition) is 2. The number of hydrogen-bond acceptors (Lipinski definition) is 5. The van der Waals surface area contributed by atoms with Crippen molar-refractivity contribution >= 4 is 11.8 Å². The molecule has 0 radical (unpaired) electrons. The molecule has 0 spiro atoms. The minimum absolute atomic E-state index is 0.109. The van der Waals surface area contributed by atoms with Crippen molar-refractivity contribution in [2.75, 3.05) is 11.5 Å². The molecule has 1 aromatic heterocycles. The minimum Gasteiger partial charge on any atom is -0.383 e. The van der Waals surface area contributed by atoms with Crippen LogP contribution in [-0.4, -0.2) is 9.97 Å². The molecular weight excluding hydrogens is 158 g/mol. The highest BCUT2D eigenvalue weighted by Crippen LogP contribution is 2.08. The van der Waals surface area contributed by atoms with Crippen LogP contribution in [0.1, 0.15) is 5.56 Å². The predicted octanol–water partition coefficient (Wildman–Crippen LogP) is 0.451. The van der Waals surface area contributed by atoms with Gasteiger partial charge >= 0.3 is 0 Å². The summed E-state index contributed by atoms with van der Waals surface area (Å²) in [6, 6.07) is 0. The quantitative estimate of drug-likeness (QED) is 0.374. The van der Waals surface area contributed by atoms with E-state index in [0.29, 0.717) is 5.56 Å². The third-order valence-electron chi connectivity index (χ3n) is 1.22. The molecule has 0 saturated heterocycles. The zero-order valence-electron chi connectivity index (χ0n) is 6.18. The van der Waals surface area contributed by atoms with Crippen LogP contribution in [0.4, 0.5) is 11.8 Å². The van der Waals surface area contributed by atoms with Gasteiger partial charge in [0.25, 0.3) is 0 Å². The maximum atomic E-state index is 8.03. The third-order valence-corrected chi connectivity index (χ3v) is 1.22. The number of nitrogen functional groups attached to an aromatic ring is 2. The first-order valence-electron chi connectivity index (χ1n) is 3.11. The molecule has 0 aliphatic rings. The molecule has 0 bridgehead atoms. The van der Waals surface area contributed by atoms with Crippen molar-refractivity contribution in [2.45, 2.75) is 6.54 Å². The summed E-state index contributed by atoms with van der Waals surface area (Å²) in [5.41, 5.74) is 19.3. The second-order valence-electron chi connectivity index (χ2n) is 2.03. The number of nitrogens with two attached hydrogens (primary N) is 2. The lowest BCUT2D eigenvalue weighted by molar-refractivity contribution is 1.01. The van der Waals surface area contributed by atoms with Crippen molar-refractivity contribution < 1.29 is 0 Å². The van der Waals surface area contributed by atoms with Crippen LogP contribution in [0.2, 0.25) is 0 Å². The van der Waals surface area contributed by atoms with Crippen molar-refractivity contribution in [1.82, 2.24) is 9.97 Å². The molecule has 7 heteroatoms. The van der Waals surface area contributed by atoms with Crippen molar-refractivity contribution in [2.24, 2.45) is 5.11 Å². The van der Waals surface area contributed by atoms with Gasteiger partial charge in [-0.1, -0.05) is 5.11 Å². The van der Waals surface area contributed by atoms with Gasteiger partial charge < -0.3 is 11.5 Å². The van der Waals surface area contributed by atoms with Gasteiger partial charge in [-0.2, -0.15) is 4.98 Å². The molecule has 0 amide bonds. The van der Waals surface area contributed by atoms with Crippen molar-refractivity contribution in [3.05, 3.63) is 22.2 Å². The van der Waals surface area contributed by atoms with Crippen LogP contribution >= 0.6 is 0 Å². The van der Waals surface area contributed by atoms with Gasteiger partial charge in [0.15, 0.2) is 0 Å². The molecular formula is C5H7N7. The maximum absolute atomic E-state index is 8.03. The lowest BCUT2D eigenvalue weighted by Gasteiger charge is -1.99. The molecule has 7 nitrogen and oxygen atoms in total. The van der Waals surface area contributed by atoms with Gasteiger partial charge in [-0.05, 0) is 5.53 Å². The average Bonchev–Trinajstić information content (AvgIpc) is 2.03. The molecule has 1 aromatic rings. The van der Waals surface area contributed by atoms with E-state index in [-0.39, 0.29) is 18.3 Å². The molecule has 0 unspecified atom stereocenters. The van der Waals surface area contributed by atoms with Gasteiger partial charge in [-0.15, -0.1) is 0 Å². The molecule has 4 N–H and O–H groups in total. The summed E-state index contributed by atoms with van der Waals surface area (Å²) in [5.74, 6) is 0.354. The smallest absolute Gasteiger partial charge is 0.221 e. The Balaban J connectivity index is 2.93. The van der Waals surface area contributed by atoms with E-state index in [1.54, 1.807) is 0 Å². The van der Waals surface area contributed by atoms with Gasteiger partial charge in [0.1, 0.15) is 5.82 Å². The summed E-state index contributed by atoms with van der Waals surface area (Å²) in [7, 11) is 0. The van der Waals surface area contributed by atoms with Crippen LogP contribution in [0.5, 0.6) is 0 Å². The lowest BCUT2D eigenvalue weighted by Crippen LogP contribution is -2.02. The first-order valence-corrected chi connectivity index (χ1v) is 3.11. The van der Waals surface area contributed by atoms with E-state index in [4.69, 9.17) is 17.0 Å². The molecule has 62 valence electrons. The zero-order chi connectivity index (χ0) is 8.97. The van der Waals surface area contributed by atoms with Crippen LogP contribution in [-0.2, 0) is 6.54 Å². The average molecular weight is 165 g/mol. The largest absolute Gasteiger partial charge is 0.383 e. The Labute approximate surface area is 68.0 Å². The van der Waals surface area contributed by atoms with Gasteiger partial charge in [0, 0.05) is 16.7 Å². The van der Waals surface area contributed by atoms with E-state index < -0.39 is 0 Å². The summed E-state index contributed by atoms with van der Waals surface area (Å²) in [6.45, 7) is 0.141. The standard InChI is InChI=1S/C5H7N7/c6-4-3(2-10-12-8)1-9-5(7)11-4/h1H,2H2,(H4,6,7,9,11). The lowest BCUT2D eigenvalue weighted by atomic mass is 10.3. The topological polar surface area (TPSA) is 127 Å². The molecule has 0 aliphatic carbocycles. The van der Waals surface area contributed by atoms with E-state index in [9.17, 15) is 0 Å². The van der Waals surface area contributed by atoms with Gasteiger partial charge in [-0.3, -0.25) is 0 Å². The summed E-state index contributed by atoms with van der Waals surface area (Å²) < 4.78 is 0. The first-order chi connectivity index (χ1) is 5.74. The summed E-state index contributed by atoms with van der Waals surface area (Å²) in [6.07, 6.45) is 1.44. The molecule has 12 heavy (non-hydrogen) atoms. The fourth-order valence-corrected chi connectivity index (χ4v) is 0.664. The minimum atomic E-state index is 0.109. The Bertz CT molecular complexity index is 327. The van der Waals surface area contributed by atoms with Crippen LogP contribution in [0.25, 0.3) is 10.4 Å². The predicted molar refractivity (Wildman–Crippen MR) is 43.7 cm³/mol. The van der Waals surface area contributed by atoms with E-state index in [2.05, 4.69) is 20.0 Å². The Kier molecular flexibility index (Phi) is 2.29. The van der Waals surface area contributed by atoms with E-state index >= 15 is 0 Å². The summed E-state index contributed by atoms with van der Waals surface area (Å²) in [5, 5.41) is 3.31. The molecule has 0 aliphatic heterocycles. The number of aromatic nitrogens is 2. The van der Waals surface area contributed by atoms with Crippen LogP contribution in [0.3, 0.4) is 0 Å². The Morgan fingerprint density at radius 2 is 2.33 bits per heavy atom. The number of rotatable bonds is 2. The molecule has 0 saturated carbocycles. The molecule has 0 aromatic carbocycles. The van der Waals surface area contributed by atoms with E-state index in [0.717, 1.165) is 0 Å². The van der Waals surface area contributed by atoms with Crippen LogP contribution < -0.4 is 11.5 Å². The SMILES string of the molecule is [N-]=[N+]=NCc1cnc(N)nc1N. The zero-order valence-corrected chi connectivity index (χ0v) is 6.18. The first kappa shape index (κ1) is 8.09. The van der Waals surface area contributed by atoms with E-state index in [1.807, 2.05) is 0 Å². The van der Waals surface area contributed by atoms with Gasteiger partial charge in [0.05, 0.1) is 6.54 Å².